The van der Waals surface area contributed by atoms with Crippen molar-refractivity contribution in [2.24, 2.45) is 0 Å². The number of hydrogen-bond acceptors (Lipinski definition) is 5. The van der Waals surface area contributed by atoms with Gasteiger partial charge in [-0.05, 0) is 47.2 Å². The van der Waals surface area contributed by atoms with Crippen LogP contribution in [-0.4, -0.2) is 40.0 Å². The molecule has 3 amide bonds. The second-order valence-electron chi connectivity index (χ2n) is 5.78. The molecule has 1 aromatic carbocycles. The molecule has 0 spiro atoms. The van der Waals surface area contributed by atoms with Gasteiger partial charge in [-0.3, -0.25) is 24.3 Å². The number of imide groups is 1. The van der Waals surface area contributed by atoms with Crippen LogP contribution in [0.2, 0.25) is 0 Å². The van der Waals surface area contributed by atoms with E-state index < -0.39 is 11.7 Å². The van der Waals surface area contributed by atoms with Gasteiger partial charge in [0.1, 0.15) is 5.82 Å². The fourth-order valence-corrected chi connectivity index (χ4v) is 3.37. The van der Waals surface area contributed by atoms with Crippen LogP contribution in [0.25, 0.3) is 6.08 Å². The molecule has 2 aromatic rings. The van der Waals surface area contributed by atoms with Gasteiger partial charge < -0.3 is 5.32 Å². The first-order valence-corrected chi connectivity index (χ1v) is 9.01. The molecule has 3 rings (SSSR count). The summed E-state index contributed by atoms with van der Waals surface area (Å²) in [6, 6.07) is 9.31. The molecule has 0 unspecified atom stereocenters. The summed E-state index contributed by atoms with van der Waals surface area (Å²) in [5.41, 5.74) is 1.28. The second kappa shape index (κ2) is 8.59. The molecule has 6 nitrogen and oxygen atoms in total. The molecule has 0 saturated carbocycles. The first-order valence-electron chi connectivity index (χ1n) is 8.19. The molecule has 1 aliphatic heterocycles. The van der Waals surface area contributed by atoms with Crippen molar-refractivity contribution in [2.45, 2.75) is 6.42 Å². The van der Waals surface area contributed by atoms with Crippen LogP contribution in [0.1, 0.15) is 11.1 Å². The van der Waals surface area contributed by atoms with Gasteiger partial charge in [0.25, 0.3) is 11.1 Å². The van der Waals surface area contributed by atoms with Crippen LogP contribution >= 0.6 is 11.8 Å². The Labute approximate surface area is 159 Å². The lowest BCUT2D eigenvalue weighted by Gasteiger charge is -2.13. The molecule has 0 bridgehead atoms. The van der Waals surface area contributed by atoms with Crippen molar-refractivity contribution in [1.82, 2.24) is 15.2 Å². The van der Waals surface area contributed by atoms with Gasteiger partial charge in [0.05, 0.1) is 11.3 Å². The smallest absolute Gasteiger partial charge is 0.293 e. The van der Waals surface area contributed by atoms with E-state index in [0.717, 1.165) is 22.2 Å². The number of hydrogen-bond donors (Lipinski definition) is 1. The Bertz CT molecular complexity index is 902. The molecule has 2 heterocycles. The van der Waals surface area contributed by atoms with Gasteiger partial charge in [0, 0.05) is 25.5 Å². The molecule has 8 heteroatoms. The number of rotatable bonds is 6. The SMILES string of the molecule is O=C(Cc1cccc(F)c1)NCCN1C(=O)SC(=Cc2cccnc2)C1=O. The van der Waals surface area contributed by atoms with Crippen molar-refractivity contribution in [2.75, 3.05) is 13.1 Å². The van der Waals surface area contributed by atoms with E-state index in [1.807, 2.05) is 0 Å². The number of halogens is 1. The summed E-state index contributed by atoms with van der Waals surface area (Å²) in [6.45, 7) is 0.205. The maximum Gasteiger partial charge on any atom is 0.293 e. The van der Waals surface area contributed by atoms with Gasteiger partial charge in [0.2, 0.25) is 5.91 Å². The van der Waals surface area contributed by atoms with Crippen molar-refractivity contribution in [3.05, 3.63) is 70.6 Å². The lowest BCUT2D eigenvalue weighted by Crippen LogP contribution is -2.37. The molecular formula is C19H16FN3O3S. The molecular weight excluding hydrogens is 369 g/mol. The quantitative estimate of drug-likeness (QED) is 0.774. The van der Waals surface area contributed by atoms with E-state index in [0.29, 0.717) is 10.5 Å². The third kappa shape index (κ3) is 5.01. The third-order valence-electron chi connectivity index (χ3n) is 3.77. The minimum absolute atomic E-state index is 0.0283. The van der Waals surface area contributed by atoms with Gasteiger partial charge in [-0.25, -0.2) is 4.39 Å². The van der Waals surface area contributed by atoms with E-state index in [1.54, 1.807) is 36.7 Å². The van der Waals surface area contributed by atoms with Crippen molar-refractivity contribution in [3.63, 3.8) is 0 Å². The second-order valence-corrected chi connectivity index (χ2v) is 6.77. The Morgan fingerprint density at radius 2 is 2.11 bits per heavy atom. The maximum absolute atomic E-state index is 13.1. The van der Waals surface area contributed by atoms with Crippen molar-refractivity contribution in [1.29, 1.82) is 0 Å². The van der Waals surface area contributed by atoms with E-state index in [9.17, 15) is 18.8 Å². The third-order valence-corrected chi connectivity index (χ3v) is 4.67. The number of nitrogens with zero attached hydrogens (tertiary/aromatic N) is 2. The van der Waals surface area contributed by atoms with Crippen molar-refractivity contribution in [3.8, 4) is 0 Å². The highest BCUT2D eigenvalue weighted by molar-refractivity contribution is 8.18. The van der Waals surface area contributed by atoms with Crippen molar-refractivity contribution >= 4 is 34.9 Å². The highest BCUT2D eigenvalue weighted by Crippen LogP contribution is 2.31. The number of aromatic nitrogens is 1. The number of pyridine rings is 1. The molecule has 0 atom stereocenters. The van der Waals surface area contributed by atoms with Crippen LogP contribution in [0.15, 0.2) is 53.7 Å². The van der Waals surface area contributed by atoms with Gasteiger partial charge in [-0.1, -0.05) is 18.2 Å². The average Bonchev–Trinajstić information content (AvgIpc) is 2.90. The van der Waals surface area contributed by atoms with Crippen LogP contribution in [0.3, 0.4) is 0 Å². The van der Waals surface area contributed by atoms with Crippen LogP contribution in [0.5, 0.6) is 0 Å². The zero-order valence-corrected chi connectivity index (χ0v) is 15.0. The Kier molecular flexibility index (Phi) is 5.97. The summed E-state index contributed by atoms with van der Waals surface area (Å²) in [4.78, 5) is 41.7. The minimum Gasteiger partial charge on any atom is -0.354 e. The standard InChI is InChI=1S/C19H16FN3O3S/c20-15-5-1-3-13(9-15)11-17(24)22-7-8-23-18(25)16(27-19(23)26)10-14-4-2-6-21-12-14/h1-6,9-10,12H,7-8,11H2,(H,22,24). The monoisotopic (exact) mass is 385 g/mol. The first-order chi connectivity index (χ1) is 13.0. The molecule has 1 saturated heterocycles. The first kappa shape index (κ1) is 18.8. The number of nitrogens with one attached hydrogen (secondary N) is 1. The number of thioether (sulfide) groups is 1. The zero-order valence-electron chi connectivity index (χ0n) is 14.2. The lowest BCUT2D eigenvalue weighted by atomic mass is 10.1. The number of benzene rings is 1. The molecule has 1 aliphatic rings. The van der Waals surface area contributed by atoms with E-state index in [2.05, 4.69) is 10.3 Å². The molecule has 138 valence electrons. The van der Waals surface area contributed by atoms with Crippen LogP contribution in [-0.2, 0) is 16.0 Å². The highest BCUT2D eigenvalue weighted by atomic mass is 32.2. The highest BCUT2D eigenvalue weighted by Gasteiger charge is 2.34. The normalized spacial score (nSPS) is 15.4. The Hall–Kier alpha value is -3.00. The Balaban J connectivity index is 1.52. The fraction of sp³-hybridized carbons (Fsp3) is 0.158. The summed E-state index contributed by atoms with van der Waals surface area (Å²) in [5.74, 6) is -1.11. The van der Waals surface area contributed by atoms with Gasteiger partial charge in [0.15, 0.2) is 0 Å². The minimum atomic E-state index is -0.404. The van der Waals surface area contributed by atoms with Gasteiger partial charge >= 0.3 is 0 Å². The largest absolute Gasteiger partial charge is 0.354 e. The Morgan fingerprint density at radius 1 is 1.26 bits per heavy atom. The maximum atomic E-state index is 13.1. The van der Waals surface area contributed by atoms with Crippen LogP contribution in [0, 0.1) is 5.82 Å². The average molecular weight is 385 g/mol. The molecule has 0 aliphatic carbocycles. The predicted molar refractivity (Wildman–Crippen MR) is 100 cm³/mol. The molecule has 1 N–H and O–H groups in total. The summed E-state index contributed by atoms with van der Waals surface area (Å²) < 4.78 is 13.1. The van der Waals surface area contributed by atoms with Gasteiger partial charge in [-0.2, -0.15) is 0 Å². The number of carbonyl (C=O) groups is 3. The zero-order chi connectivity index (χ0) is 19.2. The Morgan fingerprint density at radius 3 is 2.85 bits per heavy atom. The van der Waals surface area contributed by atoms with E-state index in [-0.39, 0.29) is 30.7 Å². The van der Waals surface area contributed by atoms with Crippen LogP contribution in [0.4, 0.5) is 9.18 Å². The van der Waals surface area contributed by atoms with Crippen molar-refractivity contribution < 1.29 is 18.8 Å². The topological polar surface area (TPSA) is 79.4 Å². The predicted octanol–water partition coefficient (Wildman–Crippen LogP) is 2.62. The van der Waals surface area contributed by atoms with Crippen LogP contribution < -0.4 is 5.32 Å². The summed E-state index contributed by atoms with van der Waals surface area (Å²) in [5, 5.41) is 2.26. The lowest BCUT2D eigenvalue weighted by molar-refractivity contribution is -0.124. The van der Waals surface area contributed by atoms with E-state index >= 15 is 0 Å². The van der Waals surface area contributed by atoms with E-state index in [4.69, 9.17) is 0 Å². The fourth-order valence-electron chi connectivity index (χ4n) is 2.51. The summed E-state index contributed by atoms with van der Waals surface area (Å²) in [6.07, 6.45) is 4.86. The molecule has 1 aromatic heterocycles. The molecule has 1 fully saturated rings. The number of carbonyl (C=O) groups excluding carboxylic acids is 3. The summed E-state index contributed by atoms with van der Waals surface area (Å²) in [7, 11) is 0. The van der Waals surface area contributed by atoms with Gasteiger partial charge in [-0.15, -0.1) is 0 Å². The summed E-state index contributed by atoms with van der Waals surface area (Å²) >= 11 is 0.856. The molecule has 0 radical (unpaired) electrons. The van der Waals surface area contributed by atoms with E-state index in [1.165, 1.54) is 18.2 Å². The number of amides is 3. The molecule has 27 heavy (non-hydrogen) atoms.